The lowest BCUT2D eigenvalue weighted by Gasteiger charge is -2.41. The van der Waals surface area contributed by atoms with Crippen LogP contribution >= 0.6 is 0 Å². The summed E-state index contributed by atoms with van der Waals surface area (Å²) >= 11 is 0. The van der Waals surface area contributed by atoms with E-state index in [1.165, 1.54) is 23.5 Å². The van der Waals surface area contributed by atoms with Crippen molar-refractivity contribution in [3.8, 4) is 5.75 Å². The first kappa shape index (κ1) is 19.5. The van der Waals surface area contributed by atoms with E-state index in [4.69, 9.17) is 4.74 Å². The second-order valence-corrected chi connectivity index (χ2v) is 6.96. The number of aromatic nitrogens is 2. The molecule has 2 heterocycles. The van der Waals surface area contributed by atoms with Gasteiger partial charge in [-0.2, -0.15) is 0 Å². The Bertz CT molecular complexity index is 769. The van der Waals surface area contributed by atoms with Gasteiger partial charge in [0.25, 0.3) is 0 Å². The minimum Gasteiger partial charge on any atom is -0.496 e. The molecule has 0 unspecified atom stereocenters. The predicted molar refractivity (Wildman–Crippen MR) is 103 cm³/mol. The van der Waals surface area contributed by atoms with E-state index in [0.29, 0.717) is 18.9 Å². The van der Waals surface area contributed by atoms with Crippen molar-refractivity contribution in [2.45, 2.75) is 32.9 Å². The van der Waals surface area contributed by atoms with Gasteiger partial charge in [-0.15, -0.1) is 0 Å². The lowest BCUT2D eigenvalue weighted by molar-refractivity contribution is 0.134. The van der Waals surface area contributed by atoms with Gasteiger partial charge in [0, 0.05) is 38.8 Å². The summed E-state index contributed by atoms with van der Waals surface area (Å²) in [4.78, 5) is 12.6. The zero-order chi connectivity index (χ0) is 19.4. The highest BCUT2D eigenvalue weighted by atomic mass is 19.1. The van der Waals surface area contributed by atoms with E-state index >= 15 is 0 Å². The molecule has 0 spiro atoms. The highest BCUT2D eigenvalue weighted by molar-refractivity contribution is 5.43. The molecule has 146 valence electrons. The first-order valence-corrected chi connectivity index (χ1v) is 9.24. The Kier molecular flexibility index (Phi) is 6.23. The van der Waals surface area contributed by atoms with Gasteiger partial charge in [0.15, 0.2) is 5.82 Å². The van der Waals surface area contributed by atoms with E-state index in [-0.39, 0.29) is 12.6 Å². The number of anilines is 1. The number of methoxy groups -OCH3 is 1. The van der Waals surface area contributed by atoms with Gasteiger partial charge in [-0.05, 0) is 43.0 Å². The minimum absolute atomic E-state index is 0.125. The number of ether oxygens (including phenoxy) is 1. The molecule has 3 rings (SSSR count). The monoisotopic (exact) mass is 374 g/mol. The van der Waals surface area contributed by atoms with Crippen LogP contribution < -0.4 is 9.64 Å². The van der Waals surface area contributed by atoms with Gasteiger partial charge in [0.1, 0.15) is 5.75 Å². The molecule has 27 heavy (non-hydrogen) atoms. The second-order valence-electron chi connectivity index (χ2n) is 6.96. The van der Waals surface area contributed by atoms with E-state index in [2.05, 4.69) is 39.7 Å². The summed E-state index contributed by atoms with van der Waals surface area (Å²) < 4.78 is 18.5. The summed E-state index contributed by atoms with van der Waals surface area (Å²) in [5.74, 6) is 1.01. The van der Waals surface area contributed by atoms with Crippen LogP contribution in [0, 0.1) is 19.7 Å². The third kappa shape index (κ3) is 4.36. The number of piperazine rings is 1. The maximum atomic E-state index is 13.1. The number of hydrogen-bond donors (Lipinski definition) is 1. The van der Waals surface area contributed by atoms with Crippen molar-refractivity contribution >= 4 is 5.95 Å². The number of aliphatic hydroxyl groups excluding tert-OH is 1. The number of rotatable bonds is 6. The van der Waals surface area contributed by atoms with Crippen LogP contribution in [0.2, 0.25) is 0 Å². The Labute approximate surface area is 159 Å². The first-order valence-electron chi connectivity index (χ1n) is 9.24. The Hall–Kier alpha value is -2.25. The number of nitrogens with zero attached hydrogens (tertiary/aromatic N) is 4. The fourth-order valence-electron chi connectivity index (χ4n) is 3.64. The normalized spacial score (nSPS) is 18.0. The molecule has 1 aliphatic rings. The van der Waals surface area contributed by atoms with Gasteiger partial charge in [0.05, 0.1) is 19.5 Å². The molecule has 2 aromatic rings. The highest BCUT2D eigenvalue weighted by Gasteiger charge is 2.28. The zero-order valence-corrected chi connectivity index (χ0v) is 16.2. The largest absolute Gasteiger partial charge is 0.496 e. The molecule has 7 heteroatoms. The second kappa shape index (κ2) is 8.63. The van der Waals surface area contributed by atoms with Crippen molar-refractivity contribution in [1.29, 1.82) is 0 Å². The van der Waals surface area contributed by atoms with Crippen molar-refractivity contribution in [3.05, 3.63) is 47.0 Å². The number of benzene rings is 1. The van der Waals surface area contributed by atoms with Crippen LogP contribution in [0.15, 0.2) is 24.5 Å². The van der Waals surface area contributed by atoms with Gasteiger partial charge in [0.2, 0.25) is 5.95 Å². The van der Waals surface area contributed by atoms with Crippen molar-refractivity contribution in [2.24, 2.45) is 0 Å². The van der Waals surface area contributed by atoms with Crippen LogP contribution in [0.25, 0.3) is 0 Å². The van der Waals surface area contributed by atoms with Crippen molar-refractivity contribution in [2.75, 3.05) is 38.3 Å². The standard InChI is InChI=1S/C20H27FN4O2/c1-14-15(2)19(27-3)5-4-16(14)12-24-7-8-25(13-18(24)6-9-26)20-22-10-17(21)11-23-20/h4-5,10-11,18,26H,6-9,12-13H2,1-3H3/t18-/m0/s1. The van der Waals surface area contributed by atoms with Crippen molar-refractivity contribution in [1.82, 2.24) is 14.9 Å². The van der Waals surface area contributed by atoms with E-state index in [0.717, 1.165) is 30.9 Å². The van der Waals surface area contributed by atoms with E-state index < -0.39 is 5.82 Å². The van der Waals surface area contributed by atoms with Gasteiger partial charge in [-0.1, -0.05) is 6.07 Å². The summed E-state index contributed by atoms with van der Waals surface area (Å²) in [6.45, 7) is 7.45. The summed E-state index contributed by atoms with van der Waals surface area (Å²) in [5.41, 5.74) is 3.66. The topological polar surface area (TPSA) is 61.7 Å². The molecule has 0 saturated carbocycles. The average molecular weight is 374 g/mol. The van der Waals surface area contributed by atoms with Gasteiger partial charge < -0.3 is 14.7 Å². The van der Waals surface area contributed by atoms with Gasteiger partial charge >= 0.3 is 0 Å². The third-order valence-corrected chi connectivity index (χ3v) is 5.40. The van der Waals surface area contributed by atoms with Crippen LogP contribution in [-0.2, 0) is 6.54 Å². The van der Waals surface area contributed by atoms with Crippen molar-refractivity contribution in [3.63, 3.8) is 0 Å². The zero-order valence-electron chi connectivity index (χ0n) is 16.2. The lowest BCUT2D eigenvalue weighted by atomic mass is 10.00. The molecule has 1 aromatic heterocycles. The molecule has 0 radical (unpaired) electrons. The van der Waals surface area contributed by atoms with Crippen LogP contribution in [-0.4, -0.2) is 59.4 Å². The first-order chi connectivity index (χ1) is 13.0. The number of hydrogen-bond acceptors (Lipinski definition) is 6. The Morgan fingerprint density at radius 2 is 1.93 bits per heavy atom. The molecule has 6 nitrogen and oxygen atoms in total. The number of aliphatic hydroxyl groups is 1. The summed E-state index contributed by atoms with van der Waals surface area (Å²) in [6, 6.07) is 4.31. The lowest BCUT2D eigenvalue weighted by Crippen LogP contribution is -2.53. The fourth-order valence-corrected chi connectivity index (χ4v) is 3.64. The summed E-state index contributed by atoms with van der Waals surface area (Å²) in [6.07, 6.45) is 3.06. The van der Waals surface area contributed by atoms with Crippen LogP contribution in [0.4, 0.5) is 10.3 Å². The third-order valence-electron chi connectivity index (χ3n) is 5.40. The Morgan fingerprint density at radius 1 is 1.19 bits per heavy atom. The quantitative estimate of drug-likeness (QED) is 0.837. The smallest absolute Gasteiger partial charge is 0.225 e. The molecule has 1 saturated heterocycles. The molecule has 1 aliphatic heterocycles. The molecule has 0 aliphatic carbocycles. The average Bonchev–Trinajstić information content (AvgIpc) is 2.68. The van der Waals surface area contributed by atoms with E-state index in [1.54, 1.807) is 7.11 Å². The maximum absolute atomic E-state index is 13.1. The van der Waals surface area contributed by atoms with E-state index in [9.17, 15) is 9.50 Å². The molecule has 1 N–H and O–H groups in total. The molecule has 1 fully saturated rings. The SMILES string of the molecule is COc1ccc(CN2CCN(c3ncc(F)cn3)C[C@@H]2CCO)c(C)c1C. The van der Waals surface area contributed by atoms with E-state index in [1.807, 2.05) is 6.07 Å². The molecule has 1 aromatic carbocycles. The summed E-state index contributed by atoms with van der Waals surface area (Å²) in [5, 5.41) is 9.52. The fraction of sp³-hybridized carbons (Fsp3) is 0.500. The maximum Gasteiger partial charge on any atom is 0.225 e. The summed E-state index contributed by atoms with van der Waals surface area (Å²) in [7, 11) is 1.69. The minimum atomic E-state index is -0.436. The van der Waals surface area contributed by atoms with Crippen LogP contribution in [0.1, 0.15) is 23.1 Å². The molecule has 1 atom stereocenters. The highest BCUT2D eigenvalue weighted by Crippen LogP contribution is 2.26. The van der Waals surface area contributed by atoms with Crippen molar-refractivity contribution < 1.29 is 14.2 Å². The molecule has 0 amide bonds. The molecular weight excluding hydrogens is 347 g/mol. The van der Waals surface area contributed by atoms with Gasteiger partial charge in [-0.25, -0.2) is 14.4 Å². The van der Waals surface area contributed by atoms with Crippen LogP contribution in [0.5, 0.6) is 5.75 Å². The Balaban J connectivity index is 1.74. The van der Waals surface area contributed by atoms with Crippen LogP contribution in [0.3, 0.4) is 0 Å². The number of halogens is 1. The molecular formula is C20H27FN4O2. The Morgan fingerprint density at radius 3 is 2.59 bits per heavy atom. The molecule has 0 bridgehead atoms. The predicted octanol–water partition coefficient (Wildman–Crippen LogP) is 2.31. The van der Waals surface area contributed by atoms with Gasteiger partial charge in [-0.3, -0.25) is 4.90 Å².